The molecule has 0 aromatic heterocycles. The smallest absolute Gasteiger partial charge is 0.259 e. The van der Waals surface area contributed by atoms with Gasteiger partial charge in [-0.1, -0.05) is 43.2 Å². The van der Waals surface area contributed by atoms with E-state index in [1.54, 1.807) is 0 Å². The van der Waals surface area contributed by atoms with E-state index in [1.807, 2.05) is 24.3 Å². The Balaban J connectivity index is 1.28. The van der Waals surface area contributed by atoms with Gasteiger partial charge in [0.2, 0.25) is 5.91 Å². The molecule has 0 spiro atoms. The molecule has 36 heavy (non-hydrogen) atoms. The molecule has 5 rings (SSSR count). The number of nitrogens with zero attached hydrogens (tertiary/aromatic N) is 3. The zero-order chi connectivity index (χ0) is 25.1. The average Bonchev–Trinajstić information content (AvgIpc) is 3.23. The van der Waals surface area contributed by atoms with Crippen LogP contribution in [0.4, 0.5) is 10.1 Å². The Morgan fingerprint density at radius 1 is 1.06 bits per heavy atom. The molecular formula is C27H27FN4O3S. The van der Waals surface area contributed by atoms with Crippen LogP contribution in [0, 0.1) is 5.82 Å². The first-order chi connectivity index (χ1) is 17.5. The van der Waals surface area contributed by atoms with E-state index in [2.05, 4.69) is 15.3 Å². The van der Waals surface area contributed by atoms with Crippen molar-refractivity contribution in [3.63, 3.8) is 0 Å². The standard InChI is InChI=1S/C27H27FN4O3S/c28-18-12-10-17(11-13-18)23(33)16-36-27-31-21-9-5-4-8-20(21)25-30-22(26(35)32(25)27)14-15-24(34)29-19-6-2-1-3-7-19/h4-5,8-13,19,22H,1-3,6-7,14-16H2,(H,29,34)/t22-/m1/s1. The number of hydrogen-bond donors (Lipinski definition) is 1. The molecule has 1 fully saturated rings. The number of para-hydroxylation sites is 1. The maximum atomic E-state index is 13.4. The zero-order valence-electron chi connectivity index (χ0n) is 19.8. The maximum absolute atomic E-state index is 13.4. The van der Waals surface area contributed by atoms with Gasteiger partial charge in [-0.05, 0) is 55.7 Å². The predicted molar refractivity (Wildman–Crippen MR) is 138 cm³/mol. The van der Waals surface area contributed by atoms with Crippen LogP contribution in [0.5, 0.6) is 0 Å². The van der Waals surface area contributed by atoms with Gasteiger partial charge in [-0.3, -0.25) is 19.4 Å². The van der Waals surface area contributed by atoms with Gasteiger partial charge >= 0.3 is 0 Å². The molecule has 0 unspecified atom stereocenters. The van der Waals surface area contributed by atoms with Crippen LogP contribution in [0.25, 0.3) is 0 Å². The molecule has 0 saturated heterocycles. The van der Waals surface area contributed by atoms with Crippen LogP contribution >= 0.6 is 11.8 Å². The Labute approximate surface area is 213 Å². The molecule has 186 valence electrons. The van der Waals surface area contributed by atoms with Crippen LogP contribution in [0.1, 0.15) is 60.9 Å². The molecule has 3 aliphatic rings. The van der Waals surface area contributed by atoms with Gasteiger partial charge in [0.15, 0.2) is 11.0 Å². The van der Waals surface area contributed by atoms with Crippen LogP contribution in [0.2, 0.25) is 0 Å². The van der Waals surface area contributed by atoms with E-state index in [0.717, 1.165) is 43.0 Å². The van der Waals surface area contributed by atoms with E-state index in [9.17, 15) is 18.8 Å². The molecule has 1 saturated carbocycles. The number of rotatable bonds is 7. The Morgan fingerprint density at radius 3 is 2.58 bits per heavy atom. The normalized spacial score (nSPS) is 19.3. The molecule has 1 N–H and O–H groups in total. The fourth-order valence-electron chi connectivity index (χ4n) is 4.75. The molecular weight excluding hydrogens is 479 g/mol. The van der Waals surface area contributed by atoms with Gasteiger partial charge in [-0.25, -0.2) is 14.3 Å². The summed E-state index contributed by atoms with van der Waals surface area (Å²) in [5.74, 6) is -0.353. The molecule has 2 aromatic rings. The van der Waals surface area contributed by atoms with Crippen molar-refractivity contribution in [2.45, 2.75) is 57.0 Å². The number of benzene rings is 2. The SMILES string of the molecule is O=C(CC[C@H]1N=C2c3ccccc3N=C(SCC(=O)c3ccc(F)cc3)N2C1=O)NC1CCCCC1. The number of hydrogen-bond acceptors (Lipinski definition) is 6. The van der Waals surface area contributed by atoms with E-state index in [-0.39, 0.29) is 35.8 Å². The molecule has 0 bridgehead atoms. The number of thioether (sulfide) groups is 1. The number of ketones is 1. The van der Waals surface area contributed by atoms with Gasteiger partial charge in [0.25, 0.3) is 5.91 Å². The number of amides is 2. The monoisotopic (exact) mass is 506 g/mol. The van der Waals surface area contributed by atoms with E-state index in [4.69, 9.17) is 0 Å². The minimum atomic E-state index is -0.679. The molecule has 1 atom stereocenters. The first kappa shape index (κ1) is 24.4. The minimum Gasteiger partial charge on any atom is -0.353 e. The van der Waals surface area contributed by atoms with Crippen molar-refractivity contribution < 1.29 is 18.8 Å². The Morgan fingerprint density at radius 2 is 1.81 bits per heavy atom. The summed E-state index contributed by atoms with van der Waals surface area (Å²) in [7, 11) is 0. The molecule has 2 aromatic carbocycles. The quantitative estimate of drug-likeness (QED) is 0.555. The number of carbonyl (C=O) groups excluding carboxylic acids is 3. The Kier molecular flexibility index (Phi) is 7.27. The van der Waals surface area contributed by atoms with E-state index >= 15 is 0 Å². The highest BCUT2D eigenvalue weighted by molar-refractivity contribution is 8.14. The Hall–Kier alpha value is -3.33. The second-order valence-corrected chi connectivity index (χ2v) is 10.2. The van der Waals surface area contributed by atoms with Crippen molar-refractivity contribution in [2.24, 2.45) is 9.98 Å². The molecule has 2 amide bonds. The molecule has 9 heteroatoms. The second kappa shape index (κ2) is 10.7. The number of fused-ring (bicyclic) bond motifs is 3. The lowest BCUT2D eigenvalue weighted by atomic mass is 9.95. The number of nitrogens with one attached hydrogen (secondary N) is 1. The summed E-state index contributed by atoms with van der Waals surface area (Å²) in [5.41, 5.74) is 1.81. The van der Waals surface area contributed by atoms with E-state index in [1.165, 1.54) is 35.6 Å². The number of aliphatic imine (C=N–C) groups is 2. The largest absolute Gasteiger partial charge is 0.353 e. The third kappa shape index (κ3) is 5.26. The summed E-state index contributed by atoms with van der Waals surface area (Å²) in [6.45, 7) is 0. The molecule has 0 radical (unpaired) electrons. The summed E-state index contributed by atoms with van der Waals surface area (Å²) >= 11 is 1.15. The fourth-order valence-corrected chi connectivity index (χ4v) is 5.65. The van der Waals surface area contributed by atoms with Crippen molar-refractivity contribution >= 4 is 46.1 Å². The van der Waals surface area contributed by atoms with Crippen LogP contribution in [-0.2, 0) is 9.59 Å². The lowest BCUT2D eigenvalue weighted by Crippen LogP contribution is -2.41. The summed E-state index contributed by atoms with van der Waals surface area (Å²) in [4.78, 5) is 49.3. The first-order valence-corrected chi connectivity index (χ1v) is 13.3. The first-order valence-electron chi connectivity index (χ1n) is 12.3. The van der Waals surface area contributed by atoms with Crippen molar-refractivity contribution in [1.82, 2.24) is 10.2 Å². The molecule has 7 nitrogen and oxygen atoms in total. The van der Waals surface area contributed by atoms with Crippen molar-refractivity contribution in [3.05, 3.63) is 65.5 Å². The van der Waals surface area contributed by atoms with Crippen LogP contribution in [-0.4, -0.2) is 51.3 Å². The molecule has 1 aliphatic carbocycles. The highest BCUT2D eigenvalue weighted by Crippen LogP contribution is 2.34. The fraction of sp³-hybridized carbons (Fsp3) is 0.370. The number of halogens is 1. The van der Waals surface area contributed by atoms with Gasteiger partial charge in [-0.15, -0.1) is 0 Å². The highest BCUT2D eigenvalue weighted by atomic mass is 32.2. The third-order valence-electron chi connectivity index (χ3n) is 6.66. The van der Waals surface area contributed by atoms with Gasteiger partial charge in [-0.2, -0.15) is 0 Å². The average molecular weight is 507 g/mol. The lowest BCUT2D eigenvalue weighted by Gasteiger charge is -2.25. The number of carbonyl (C=O) groups is 3. The van der Waals surface area contributed by atoms with Gasteiger partial charge in [0.05, 0.1) is 11.4 Å². The number of amidine groups is 2. The molecule has 2 heterocycles. The van der Waals surface area contributed by atoms with Crippen molar-refractivity contribution in [3.8, 4) is 0 Å². The van der Waals surface area contributed by atoms with Crippen LogP contribution in [0.3, 0.4) is 0 Å². The van der Waals surface area contributed by atoms with Gasteiger partial charge in [0, 0.05) is 23.6 Å². The summed E-state index contributed by atoms with van der Waals surface area (Å²) in [5, 5.41) is 3.47. The summed E-state index contributed by atoms with van der Waals surface area (Å²) < 4.78 is 13.2. The number of Topliss-reactive ketones (excluding diaryl/α,β-unsaturated/α-hetero) is 1. The summed E-state index contributed by atoms with van der Waals surface area (Å²) in [6, 6.07) is 12.3. The summed E-state index contributed by atoms with van der Waals surface area (Å²) in [6.07, 6.45) is 6.04. The lowest BCUT2D eigenvalue weighted by molar-refractivity contribution is -0.125. The van der Waals surface area contributed by atoms with E-state index in [0.29, 0.717) is 28.7 Å². The maximum Gasteiger partial charge on any atom is 0.259 e. The molecule has 2 aliphatic heterocycles. The van der Waals surface area contributed by atoms with E-state index < -0.39 is 11.9 Å². The predicted octanol–water partition coefficient (Wildman–Crippen LogP) is 4.63. The van der Waals surface area contributed by atoms with Gasteiger partial charge in [0.1, 0.15) is 17.7 Å². The Bertz CT molecular complexity index is 1240. The second-order valence-electron chi connectivity index (χ2n) is 9.21. The zero-order valence-corrected chi connectivity index (χ0v) is 20.6. The van der Waals surface area contributed by atoms with Crippen molar-refractivity contribution in [2.75, 3.05) is 5.75 Å². The third-order valence-corrected chi connectivity index (χ3v) is 7.60. The van der Waals surface area contributed by atoms with Crippen molar-refractivity contribution in [1.29, 1.82) is 0 Å². The topological polar surface area (TPSA) is 91.2 Å². The van der Waals surface area contributed by atoms with Gasteiger partial charge < -0.3 is 5.32 Å². The van der Waals surface area contributed by atoms with Crippen LogP contribution in [0.15, 0.2) is 58.5 Å². The highest BCUT2D eigenvalue weighted by Gasteiger charge is 2.41. The van der Waals surface area contributed by atoms with Crippen LogP contribution < -0.4 is 5.32 Å². The minimum absolute atomic E-state index is 0.0398.